The maximum atomic E-state index is 10.8. The molecule has 1 N–H and O–H groups in total. The lowest BCUT2D eigenvalue weighted by molar-refractivity contribution is -0.554. The summed E-state index contributed by atoms with van der Waals surface area (Å²) in [6, 6.07) is 0. The van der Waals surface area contributed by atoms with E-state index in [-0.39, 0.29) is 12.1 Å². The van der Waals surface area contributed by atoms with Crippen molar-refractivity contribution in [1.29, 1.82) is 0 Å². The molecule has 0 radical (unpaired) electrons. The lowest BCUT2D eigenvalue weighted by Crippen LogP contribution is -2.39. The van der Waals surface area contributed by atoms with Crippen LogP contribution in [-0.2, 0) is 4.79 Å². The molecule has 0 amide bonds. The fourth-order valence-corrected chi connectivity index (χ4v) is 1.39. The Kier molecular flexibility index (Phi) is 3.02. The molecule has 0 heterocycles. The first-order valence-electron chi connectivity index (χ1n) is 4.27. The zero-order chi connectivity index (χ0) is 12.3. The molecule has 0 saturated heterocycles. The molecule has 8 nitrogen and oxygen atoms in total. The molecule has 0 aromatic heterocycles. The molecule has 0 aliphatic heterocycles. The lowest BCUT2D eigenvalue weighted by Gasteiger charge is -2.20. The van der Waals surface area contributed by atoms with Crippen LogP contribution in [-0.4, -0.2) is 26.5 Å². The minimum Gasteiger partial charge on any atom is -0.481 e. The van der Waals surface area contributed by atoms with Gasteiger partial charge >= 0.3 is 5.97 Å². The number of hydrogen-bond acceptors (Lipinski definition) is 5. The number of carbonyl (C=O) groups is 1. The molecule has 8 heteroatoms. The van der Waals surface area contributed by atoms with Crippen LogP contribution in [0.4, 0.5) is 0 Å². The average Bonchev–Trinajstić information content (AvgIpc) is 2.17. The summed E-state index contributed by atoms with van der Waals surface area (Å²) in [5.41, 5.74) is -2.03. The second kappa shape index (κ2) is 4.09. The Morgan fingerprint density at radius 1 is 1.50 bits per heavy atom. The third-order valence-electron chi connectivity index (χ3n) is 2.26. The Hall–Kier alpha value is -2.25. The van der Waals surface area contributed by atoms with Gasteiger partial charge in [0.1, 0.15) is 6.42 Å². The van der Waals surface area contributed by atoms with Gasteiger partial charge in [-0.3, -0.25) is 25.0 Å². The summed E-state index contributed by atoms with van der Waals surface area (Å²) in [6.45, 7) is 0. The number of carboxylic acids is 1. The van der Waals surface area contributed by atoms with Crippen molar-refractivity contribution in [2.45, 2.75) is 18.4 Å². The highest BCUT2D eigenvalue weighted by molar-refractivity contribution is 5.68. The summed E-state index contributed by atoms with van der Waals surface area (Å²) in [6.07, 6.45) is 2.01. The normalized spacial score (nSPS) is 23.6. The molecule has 1 unspecified atom stereocenters. The molecule has 1 rings (SSSR count). The fourth-order valence-electron chi connectivity index (χ4n) is 1.39. The van der Waals surface area contributed by atoms with Crippen molar-refractivity contribution in [3.63, 3.8) is 0 Å². The van der Waals surface area contributed by atoms with E-state index >= 15 is 0 Å². The number of allylic oxidation sites excluding steroid dienone is 1. The van der Waals surface area contributed by atoms with E-state index in [2.05, 4.69) is 0 Å². The van der Waals surface area contributed by atoms with Gasteiger partial charge in [0.25, 0.3) is 11.2 Å². The maximum absolute atomic E-state index is 10.8. The van der Waals surface area contributed by atoms with E-state index in [1.165, 1.54) is 0 Å². The topological polar surface area (TPSA) is 124 Å². The molecule has 16 heavy (non-hydrogen) atoms. The van der Waals surface area contributed by atoms with Gasteiger partial charge in [-0.15, -0.1) is 0 Å². The largest absolute Gasteiger partial charge is 0.481 e. The van der Waals surface area contributed by atoms with Crippen LogP contribution in [0.3, 0.4) is 0 Å². The quantitative estimate of drug-likeness (QED) is 0.554. The second-order valence-electron chi connectivity index (χ2n) is 3.35. The van der Waals surface area contributed by atoms with Crippen molar-refractivity contribution in [3.05, 3.63) is 44.2 Å². The first-order valence-corrected chi connectivity index (χ1v) is 4.27. The van der Waals surface area contributed by atoms with Gasteiger partial charge in [0.05, 0.1) is 4.92 Å². The van der Waals surface area contributed by atoms with Crippen LogP contribution in [0, 0.1) is 20.2 Å². The summed E-state index contributed by atoms with van der Waals surface area (Å²) in [4.78, 5) is 30.2. The smallest absolute Gasteiger partial charge is 0.311 e. The van der Waals surface area contributed by atoms with Crippen molar-refractivity contribution >= 4 is 5.97 Å². The SMILES string of the molecule is O=C(O)CC1([N+](=O)[O-])C=CC([N+](=O)[O-])=CC1. The van der Waals surface area contributed by atoms with Crippen LogP contribution in [0.1, 0.15) is 12.8 Å². The van der Waals surface area contributed by atoms with Crippen LogP contribution in [0.5, 0.6) is 0 Å². The lowest BCUT2D eigenvalue weighted by atomic mass is 9.88. The molecule has 0 spiro atoms. The van der Waals surface area contributed by atoms with Gasteiger partial charge in [-0.1, -0.05) is 0 Å². The Morgan fingerprint density at radius 3 is 2.44 bits per heavy atom. The van der Waals surface area contributed by atoms with Crippen molar-refractivity contribution in [1.82, 2.24) is 0 Å². The number of rotatable bonds is 4. The minimum atomic E-state index is -1.77. The number of carboxylic acid groups (broad SMARTS) is 1. The second-order valence-corrected chi connectivity index (χ2v) is 3.35. The monoisotopic (exact) mass is 228 g/mol. The highest BCUT2D eigenvalue weighted by atomic mass is 16.6. The van der Waals surface area contributed by atoms with Gasteiger partial charge in [0.15, 0.2) is 0 Å². The number of nitro groups is 2. The molecular formula is C8H8N2O6. The number of nitrogens with zero attached hydrogens (tertiary/aromatic N) is 2. The zero-order valence-corrected chi connectivity index (χ0v) is 8.03. The van der Waals surface area contributed by atoms with Crippen LogP contribution in [0.2, 0.25) is 0 Å². The van der Waals surface area contributed by atoms with E-state index in [9.17, 15) is 25.0 Å². The first kappa shape index (κ1) is 11.8. The van der Waals surface area contributed by atoms with Gasteiger partial charge in [-0.05, 0) is 6.08 Å². The number of aliphatic carboxylic acids is 1. The van der Waals surface area contributed by atoms with Gasteiger partial charge in [0.2, 0.25) is 0 Å². The van der Waals surface area contributed by atoms with Gasteiger partial charge in [-0.25, -0.2) is 0 Å². The molecule has 0 aromatic rings. The van der Waals surface area contributed by atoms with Gasteiger partial charge in [0, 0.05) is 23.5 Å². The molecule has 1 aliphatic rings. The third-order valence-corrected chi connectivity index (χ3v) is 2.26. The van der Waals surface area contributed by atoms with E-state index in [1.54, 1.807) is 0 Å². The molecule has 0 bridgehead atoms. The Labute approximate surface area is 89.2 Å². The molecule has 0 saturated carbocycles. The molecule has 0 aromatic carbocycles. The maximum Gasteiger partial charge on any atom is 0.311 e. The van der Waals surface area contributed by atoms with E-state index in [0.29, 0.717) is 0 Å². The Balaban J connectivity index is 2.96. The van der Waals surface area contributed by atoms with Crippen molar-refractivity contribution in [2.75, 3.05) is 0 Å². The Bertz CT molecular complexity index is 413. The summed E-state index contributed by atoms with van der Waals surface area (Å²) < 4.78 is 0. The van der Waals surface area contributed by atoms with Crippen LogP contribution in [0.25, 0.3) is 0 Å². The highest BCUT2D eigenvalue weighted by Crippen LogP contribution is 2.27. The first-order chi connectivity index (χ1) is 7.37. The predicted octanol–water partition coefficient (Wildman–Crippen LogP) is 0.597. The fraction of sp³-hybridized carbons (Fsp3) is 0.375. The van der Waals surface area contributed by atoms with E-state index in [0.717, 1.165) is 18.2 Å². The average molecular weight is 228 g/mol. The Morgan fingerprint density at radius 2 is 2.12 bits per heavy atom. The van der Waals surface area contributed by atoms with E-state index < -0.39 is 27.8 Å². The van der Waals surface area contributed by atoms with Crippen LogP contribution < -0.4 is 0 Å². The van der Waals surface area contributed by atoms with Gasteiger partial charge in [-0.2, -0.15) is 0 Å². The number of hydrogen-bond donors (Lipinski definition) is 1. The standard InChI is InChI=1S/C8H8N2O6/c11-7(12)5-8(10(15)16)3-1-6(2-4-8)9(13)14/h1-3H,4-5H2,(H,11,12). The predicted molar refractivity (Wildman–Crippen MR) is 50.8 cm³/mol. The summed E-state index contributed by atoms with van der Waals surface area (Å²) in [7, 11) is 0. The van der Waals surface area contributed by atoms with Crippen molar-refractivity contribution in [3.8, 4) is 0 Å². The molecule has 86 valence electrons. The van der Waals surface area contributed by atoms with Crippen molar-refractivity contribution in [2.24, 2.45) is 0 Å². The minimum absolute atomic E-state index is 0.261. The van der Waals surface area contributed by atoms with Gasteiger partial charge < -0.3 is 5.11 Å². The zero-order valence-electron chi connectivity index (χ0n) is 8.03. The van der Waals surface area contributed by atoms with E-state index in [4.69, 9.17) is 5.11 Å². The molecule has 0 fully saturated rings. The third kappa shape index (κ3) is 2.22. The van der Waals surface area contributed by atoms with Crippen LogP contribution >= 0.6 is 0 Å². The molecular weight excluding hydrogens is 220 g/mol. The summed E-state index contributed by atoms with van der Waals surface area (Å²) >= 11 is 0. The molecule has 1 aliphatic carbocycles. The van der Waals surface area contributed by atoms with Crippen LogP contribution in [0.15, 0.2) is 23.9 Å². The van der Waals surface area contributed by atoms with Crippen molar-refractivity contribution < 1.29 is 19.7 Å². The van der Waals surface area contributed by atoms with E-state index in [1.807, 2.05) is 0 Å². The summed E-state index contributed by atoms with van der Waals surface area (Å²) in [5, 5.41) is 29.7. The highest BCUT2D eigenvalue weighted by Gasteiger charge is 2.44. The summed E-state index contributed by atoms with van der Waals surface area (Å²) in [5.74, 6) is -1.32. The molecule has 1 atom stereocenters.